The second-order valence-electron chi connectivity index (χ2n) is 5.75. The Morgan fingerprint density at radius 2 is 2.00 bits per heavy atom. The summed E-state index contributed by atoms with van der Waals surface area (Å²) in [6, 6.07) is 1.61. The van der Waals surface area contributed by atoms with Gasteiger partial charge in [-0.3, -0.25) is 0 Å². The highest BCUT2D eigenvalue weighted by Gasteiger charge is 2.45. The zero-order chi connectivity index (χ0) is 13.6. The predicted octanol–water partition coefficient (Wildman–Crippen LogP) is 3.12. The number of nitrogens with zero attached hydrogens (tertiary/aromatic N) is 2. The Morgan fingerprint density at radius 3 is 2.53 bits per heavy atom. The van der Waals surface area contributed by atoms with Crippen molar-refractivity contribution in [3.05, 3.63) is 22.3 Å². The maximum Gasteiger partial charge on any atom is 0.339 e. The minimum absolute atomic E-state index is 0.288. The Balaban J connectivity index is 1.93. The normalized spacial score (nSPS) is 20.6. The first-order valence-electron chi connectivity index (χ1n) is 6.66. The van der Waals surface area contributed by atoms with Crippen LogP contribution in [-0.4, -0.2) is 29.1 Å². The molecule has 1 aromatic heterocycles. The number of hydrogen-bond acceptors (Lipinski definition) is 3. The van der Waals surface area contributed by atoms with Crippen LogP contribution in [0.1, 0.15) is 41.6 Å². The van der Waals surface area contributed by atoms with Crippen LogP contribution in [-0.2, 0) is 0 Å². The average Bonchev–Trinajstić information content (AvgIpc) is 3.08. The third kappa shape index (κ3) is 2.29. The molecule has 2 fully saturated rings. The zero-order valence-corrected chi connectivity index (χ0v) is 11.7. The van der Waals surface area contributed by atoms with E-state index in [0.29, 0.717) is 21.9 Å². The van der Waals surface area contributed by atoms with E-state index in [2.05, 4.69) is 9.88 Å². The lowest BCUT2D eigenvalue weighted by Crippen LogP contribution is -2.36. The number of aromatic nitrogens is 1. The highest BCUT2D eigenvalue weighted by Crippen LogP contribution is 2.54. The van der Waals surface area contributed by atoms with E-state index >= 15 is 0 Å². The molecule has 1 N–H and O–H groups in total. The van der Waals surface area contributed by atoms with Crippen LogP contribution in [0.2, 0.25) is 5.15 Å². The van der Waals surface area contributed by atoms with Crippen LogP contribution >= 0.6 is 11.6 Å². The van der Waals surface area contributed by atoms with E-state index in [-0.39, 0.29) is 5.56 Å². The summed E-state index contributed by atoms with van der Waals surface area (Å²) in [5.74, 6) is -0.392. The van der Waals surface area contributed by atoms with E-state index in [0.717, 1.165) is 25.9 Å². The molecule has 1 spiro atoms. The van der Waals surface area contributed by atoms with Gasteiger partial charge in [0.2, 0.25) is 0 Å². The van der Waals surface area contributed by atoms with Gasteiger partial charge < -0.3 is 10.0 Å². The van der Waals surface area contributed by atoms with Crippen LogP contribution in [0.25, 0.3) is 0 Å². The molecule has 102 valence electrons. The second-order valence-corrected chi connectivity index (χ2v) is 6.14. The van der Waals surface area contributed by atoms with E-state index in [4.69, 9.17) is 11.6 Å². The molecule has 0 radical (unpaired) electrons. The van der Waals surface area contributed by atoms with Gasteiger partial charge in [0.15, 0.2) is 0 Å². The van der Waals surface area contributed by atoms with Gasteiger partial charge in [-0.25, -0.2) is 9.78 Å². The van der Waals surface area contributed by atoms with E-state index in [1.807, 2.05) is 0 Å². The average molecular weight is 281 g/mol. The topological polar surface area (TPSA) is 53.4 Å². The van der Waals surface area contributed by atoms with Crippen molar-refractivity contribution in [2.24, 2.45) is 5.41 Å². The Kier molecular flexibility index (Phi) is 2.93. The Labute approximate surface area is 117 Å². The number of carboxylic acids is 1. The quantitative estimate of drug-likeness (QED) is 0.846. The lowest BCUT2D eigenvalue weighted by Gasteiger charge is -2.34. The molecular weight excluding hydrogens is 264 g/mol. The molecule has 19 heavy (non-hydrogen) atoms. The molecule has 4 nitrogen and oxygen atoms in total. The predicted molar refractivity (Wildman–Crippen MR) is 74.1 cm³/mol. The summed E-state index contributed by atoms with van der Waals surface area (Å²) in [6.07, 6.45) is 4.93. The van der Waals surface area contributed by atoms with Crippen LogP contribution in [0.15, 0.2) is 6.07 Å². The number of anilines is 1. The van der Waals surface area contributed by atoms with Gasteiger partial charge in [0.25, 0.3) is 0 Å². The van der Waals surface area contributed by atoms with Crippen molar-refractivity contribution >= 4 is 23.4 Å². The molecule has 2 heterocycles. The van der Waals surface area contributed by atoms with Crippen LogP contribution < -0.4 is 4.90 Å². The molecule has 0 bridgehead atoms. The molecule has 0 unspecified atom stereocenters. The number of carboxylic acid groups (broad SMARTS) is 1. The number of piperidine rings is 1. The largest absolute Gasteiger partial charge is 0.478 e. The summed E-state index contributed by atoms with van der Waals surface area (Å²) >= 11 is 5.98. The van der Waals surface area contributed by atoms with Gasteiger partial charge in [0, 0.05) is 13.1 Å². The SMILES string of the molecule is Cc1cc(Cl)nc(N2CCC3(CC2)CC3)c1C(=O)O. The van der Waals surface area contributed by atoms with Crippen molar-refractivity contribution in [3.8, 4) is 0 Å². The summed E-state index contributed by atoms with van der Waals surface area (Å²) in [7, 11) is 0. The van der Waals surface area contributed by atoms with Crippen LogP contribution in [0.4, 0.5) is 5.82 Å². The van der Waals surface area contributed by atoms with Gasteiger partial charge in [-0.05, 0) is 49.7 Å². The fraction of sp³-hybridized carbons (Fsp3) is 0.571. The molecule has 0 amide bonds. The Bertz CT molecular complexity index is 530. The monoisotopic (exact) mass is 280 g/mol. The fourth-order valence-corrected chi connectivity index (χ4v) is 3.22. The van der Waals surface area contributed by atoms with Crippen molar-refractivity contribution in [2.75, 3.05) is 18.0 Å². The maximum absolute atomic E-state index is 11.4. The maximum atomic E-state index is 11.4. The standard InChI is InChI=1S/C14H17ClN2O2/c1-9-8-10(15)16-12(11(9)13(18)19)17-6-4-14(2-3-14)5-7-17/h8H,2-7H2,1H3,(H,18,19). The first kappa shape index (κ1) is 12.7. The van der Waals surface area contributed by atoms with E-state index in [1.165, 1.54) is 12.8 Å². The first-order valence-corrected chi connectivity index (χ1v) is 7.04. The number of rotatable bonds is 2. The summed E-state index contributed by atoms with van der Waals surface area (Å²) in [6.45, 7) is 3.53. The zero-order valence-electron chi connectivity index (χ0n) is 10.9. The molecule has 1 aromatic rings. The smallest absolute Gasteiger partial charge is 0.339 e. The Morgan fingerprint density at radius 1 is 1.37 bits per heavy atom. The Hall–Kier alpha value is -1.29. The second kappa shape index (κ2) is 4.37. The van der Waals surface area contributed by atoms with E-state index < -0.39 is 5.97 Å². The third-order valence-corrected chi connectivity index (χ3v) is 4.65. The first-order chi connectivity index (χ1) is 9.01. The molecule has 2 aliphatic rings. The molecule has 1 aliphatic carbocycles. The van der Waals surface area contributed by atoms with Crippen molar-refractivity contribution in [2.45, 2.75) is 32.6 Å². The highest BCUT2D eigenvalue weighted by molar-refractivity contribution is 6.29. The molecular formula is C14H17ClN2O2. The van der Waals surface area contributed by atoms with Gasteiger partial charge in [-0.1, -0.05) is 11.6 Å². The molecule has 0 aromatic carbocycles. The molecule has 1 saturated carbocycles. The van der Waals surface area contributed by atoms with Crippen LogP contribution in [0.5, 0.6) is 0 Å². The minimum Gasteiger partial charge on any atom is -0.478 e. The van der Waals surface area contributed by atoms with Crippen molar-refractivity contribution < 1.29 is 9.90 Å². The number of aromatic carboxylic acids is 1. The molecule has 0 atom stereocenters. The van der Waals surface area contributed by atoms with Gasteiger partial charge >= 0.3 is 5.97 Å². The fourth-order valence-electron chi connectivity index (χ4n) is 2.98. The molecule has 1 aliphatic heterocycles. The highest BCUT2D eigenvalue weighted by atomic mass is 35.5. The van der Waals surface area contributed by atoms with Gasteiger partial charge in [-0.15, -0.1) is 0 Å². The number of pyridine rings is 1. The van der Waals surface area contributed by atoms with Gasteiger partial charge in [0.05, 0.1) is 0 Å². The lowest BCUT2D eigenvalue weighted by atomic mass is 9.93. The summed E-state index contributed by atoms with van der Waals surface area (Å²) in [5.41, 5.74) is 1.53. The van der Waals surface area contributed by atoms with Crippen LogP contribution in [0, 0.1) is 12.3 Å². The van der Waals surface area contributed by atoms with Crippen molar-refractivity contribution in [1.29, 1.82) is 0 Å². The molecule has 1 saturated heterocycles. The summed E-state index contributed by atoms with van der Waals surface area (Å²) < 4.78 is 0. The number of aryl methyl sites for hydroxylation is 1. The number of hydrogen-bond donors (Lipinski definition) is 1. The van der Waals surface area contributed by atoms with E-state index in [1.54, 1.807) is 13.0 Å². The van der Waals surface area contributed by atoms with Crippen LogP contribution in [0.3, 0.4) is 0 Å². The lowest BCUT2D eigenvalue weighted by molar-refractivity contribution is 0.0696. The van der Waals surface area contributed by atoms with Crippen molar-refractivity contribution in [3.63, 3.8) is 0 Å². The number of halogens is 1. The molecule has 3 rings (SSSR count). The van der Waals surface area contributed by atoms with Crippen molar-refractivity contribution in [1.82, 2.24) is 4.98 Å². The van der Waals surface area contributed by atoms with E-state index in [9.17, 15) is 9.90 Å². The van der Waals surface area contributed by atoms with Gasteiger partial charge in [0.1, 0.15) is 16.5 Å². The summed E-state index contributed by atoms with van der Waals surface area (Å²) in [4.78, 5) is 17.8. The summed E-state index contributed by atoms with van der Waals surface area (Å²) in [5, 5.41) is 9.74. The molecule has 5 heteroatoms. The minimum atomic E-state index is -0.927. The third-order valence-electron chi connectivity index (χ3n) is 4.46. The number of carbonyl (C=O) groups is 1. The van der Waals surface area contributed by atoms with Gasteiger partial charge in [-0.2, -0.15) is 0 Å².